The van der Waals surface area contributed by atoms with Gasteiger partial charge in [-0.05, 0) is 181 Å². The number of allylic oxidation sites excluding steroid dienone is 8. The van der Waals surface area contributed by atoms with E-state index in [-0.39, 0.29) is 0 Å². The molecular weight excluding hydrogens is 793 g/mol. The lowest BCUT2D eigenvalue weighted by Crippen LogP contribution is -1.80. The maximum atomic E-state index is 2.25. The molecule has 0 N–H and O–H groups in total. The summed E-state index contributed by atoms with van der Waals surface area (Å²) in [5.74, 6) is 0. The number of rotatable bonds is 0. The average Bonchev–Trinajstić information content (AvgIpc) is 3.89. The summed E-state index contributed by atoms with van der Waals surface area (Å²) in [5, 5.41) is 8.20. The molecule has 2 aliphatic rings. The van der Waals surface area contributed by atoms with E-state index in [4.69, 9.17) is 0 Å². The third-order valence-corrected chi connectivity index (χ3v) is 12.3. The Bertz CT molecular complexity index is 2710. The molecule has 0 atom stereocenters. The largest absolute Gasteiger partial charge is 0.0775 e. The van der Waals surface area contributed by atoms with Gasteiger partial charge in [-0.2, -0.15) is 0 Å². The molecule has 0 nitrogen and oxygen atoms in total. The van der Waals surface area contributed by atoms with Crippen molar-refractivity contribution in [3.63, 3.8) is 0 Å². The average molecular weight is 869 g/mol. The van der Waals surface area contributed by atoms with Crippen LogP contribution in [0.15, 0.2) is 204 Å². The third-order valence-electron chi connectivity index (χ3n) is 12.3. The summed E-state index contributed by atoms with van der Waals surface area (Å²) in [6.45, 7) is 30.0. The zero-order valence-corrected chi connectivity index (χ0v) is 42.7. The quantitative estimate of drug-likeness (QED) is 0.142. The zero-order chi connectivity index (χ0) is 48.2. The SMILES string of the molecule is CC1=CC=C(C)C1.CC1=CCC=C1C.Cc1ccc(C)c2ccccc12.Cc1ccc(C)cc1.Cc1ccc2cccc(C)c2c1.Cc1cccc2c(C)cccc12.Cc1ccccc1C. The molecule has 0 amide bonds. The lowest BCUT2D eigenvalue weighted by molar-refractivity contribution is 1.15. The normalized spacial score (nSPS) is 12.0. The molecule has 2 aliphatic carbocycles. The second-order valence-electron chi connectivity index (χ2n) is 18.2. The summed E-state index contributed by atoms with van der Waals surface area (Å²) in [4.78, 5) is 0. The molecule has 10 rings (SSSR count). The van der Waals surface area contributed by atoms with Gasteiger partial charge in [0.25, 0.3) is 0 Å². The summed E-state index contributed by atoms with van der Waals surface area (Å²) in [5.41, 5.74) is 19.4. The predicted molar refractivity (Wildman–Crippen MR) is 296 cm³/mol. The molecule has 0 heteroatoms. The zero-order valence-electron chi connectivity index (χ0n) is 42.7. The summed E-state index contributed by atoms with van der Waals surface area (Å²) >= 11 is 0. The van der Waals surface area contributed by atoms with Crippen LogP contribution in [0, 0.1) is 69.2 Å². The van der Waals surface area contributed by atoms with E-state index < -0.39 is 0 Å². The Hall–Kier alpha value is -6.50. The van der Waals surface area contributed by atoms with Crippen molar-refractivity contribution in [2.75, 3.05) is 0 Å². The van der Waals surface area contributed by atoms with Crippen LogP contribution in [0.4, 0.5) is 0 Å². The Labute approximate surface area is 400 Å². The Kier molecular flexibility index (Phi) is 20.9. The highest BCUT2D eigenvalue weighted by atomic mass is 14.1. The van der Waals surface area contributed by atoms with Crippen LogP contribution in [-0.2, 0) is 0 Å². The van der Waals surface area contributed by atoms with E-state index in [9.17, 15) is 0 Å². The first-order chi connectivity index (χ1) is 31.5. The minimum absolute atomic E-state index is 1.15. The molecule has 0 spiro atoms. The first-order valence-electron chi connectivity index (χ1n) is 23.6. The van der Waals surface area contributed by atoms with Gasteiger partial charge in [0.2, 0.25) is 0 Å². The van der Waals surface area contributed by atoms with E-state index >= 15 is 0 Å². The molecule has 0 bridgehead atoms. The molecule has 0 radical (unpaired) electrons. The van der Waals surface area contributed by atoms with Gasteiger partial charge in [-0.1, -0.05) is 221 Å². The second-order valence-corrected chi connectivity index (χ2v) is 18.2. The van der Waals surface area contributed by atoms with Gasteiger partial charge in [-0.3, -0.25) is 0 Å². The van der Waals surface area contributed by atoms with Crippen LogP contribution in [0.1, 0.15) is 96.2 Å². The van der Waals surface area contributed by atoms with Gasteiger partial charge in [0.05, 0.1) is 0 Å². The van der Waals surface area contributed by atoms with Crippen molar-refractivity contribution in [3.8, 4) is 0 Å². The fourth-order valence-corrected chi connectivity index (χ4v) is 7.64. The van der Waals surface area contributed by atoms with Gasteiger partial charge in [-0.25, -0.2) is 0 Å². The van der Waals surface area contributed by atoms with Gasteiger partial charge < -0.3 is 0 Å². The lowest BCUT2D eigenvalue weighted by Gasteiger charge is -2.03. The molecule has 0 unspecified atom stereocenters. The van der Waals surface area contributed by atoms with Crippen molar-refractivity contribution in [2.24, 2.45) is 0 Å². The monoisotopic (exact) mass is 869 g/mol. The van der Waals surface area contributed by atoms with Gasteiger partial charge in [0, 0.05) is 0 Å². The van der Waals surface area contributed by atoms with Crippen LogP contribution >= 0.6 is 0 Å². The van der Waals surface area contributed by atoms with Gasteiger partial charge in [0.1, 0.15) is 0 Å². The van der Waals surface area contributed by atoms with E-state index in [2.05, 4.69) is 279 Å². The number of hydrogen-bond donors (Lipinski definition) is 0. The van der Waals surface area contributed by atoms with Gasteiger partial charge in [0.15, 0.2) is 0 Å². The van der Waals surface area contributed by atoms with Crippen LogP contribution in [0.3, 0.4) is 0 Å². The highest BCUT2D eigenvalue weighted by Crippen LogP contribution is 2.23. The lowest BCUT2D eigenvalue weighted by atomic mass is 10.0. The minimum Gasteiger partial charge on any atom is -0.0775 e. The first kappa shape index (κ1) is 52.1. The van der Waals surface area contributed by atoms with Crippen LogP contribution < -0.4 is 0 Å². The topological polar surface area (TPSA) is 0 Å². The predicted octanol–water partition coefficient (Wildman–Crippen LogP) is 19.5. The molecule has 0 aliphatic heterocycles. The standard InChI is InChI=1S/3C12H12.2C8H10.2C7H10/c1-9-5-3-8-12-10(2)6-4-7-11(9)12;1-9-6-7-11-5-3-4-10(2)12(11)8-9;1-9-7-8-10(2)12-6-4-3-5-11(9)12;1-7-3-5-8(2)6-4-7;1-7-5-3-4-6-8(7)2;1-6-3-4-7(2)5-6;1-6-4-3-5-7(6)2/h3*3-8H,1-2H3;2*3-6H,1-2H3;3-4H,5H2,1-2H3;4-5H,3H2,1-2H3. The van der Waals surface area contributed by atoms with Crippen molar-refractivity contribution in [2.45, 2.75) is 110 Å². The minimum atomic E-state index is 1.15. The van der Waals surface area contributed by atoms with Crippen molar-refractivity contribution >= 4 is 32.3 Å². The van der Waals surface area contributed by atoms with Crippen LogP contribution in [0.5, 0.6) is 0 Å². The van der Waals surface area contributed by atoms with Crippen molar-refractivity contribution in [1.82, 2.24) is 0 Å². The Morgan fingerprint density at radius 1 is 0.273 bits per heavy atom. The molecule has 340 valence electrons. The van der Waals surface area contributed by atoms with E-state index in [1.807, 2.05) is 0 Å². The maximum Gasteiger partial charge on any atom is -0.0108 e. The van der Waals surface area contributed by atoms with E-state index in [0.29, 0.717) is 0 Å². The second kappa shape index (κ2) is 26.5. The summed E-state index contributed by atoms with van der Waals surface area (Å²) in [7, 11) is 0. The summed E-state index contributed by atoms with van der Waals surface area (Å²) in [6, 6.07) is 55.6. The molecule has 66 heavy (non-hydrogen) atoms. The van der Waals surface area contributed by atoms with Crippen LogP contribution in [-0.4, -0.2) is 0 Å². The van der Waals surface area contributed by atoms with E-state index in [1.54, 1.807) is 0 Å². The van der Waals surface area contributed by atoms with Crippen molar-refractivity contribution in [1.29, 1.82) is 0 Å². The molecule has 0 fully saturated rings. The smallest absolute Gasteiger partial charge is 0.0108 e. The third kappa shape index (κ3) is 16.8. The maximum absolute atomic E-state index is 2.25. The number of hydrogen-bond acceptors (Lipinski definition) is 0. The van der Waals surface area contributed by atoms with E-state index in [0.717, 1.165) is 6.42 Å². The number of aryl methyl sites for hydroxylation is 10. The highest BCUT2D eigenvalue weighted by Gasteiger charge is 2.00. The molecule has 0 saturated heterocycles. The van der Waals surface area contributed by atoms with Crippen LogP contribution in [0.25, 0.3) is 32.3 Å². The van der Waals surface area contributed by atoms with Crippen molar-refractivity contribution < 1.29 is 0 Å². The van der Waals surface area contributed by atoms with Crippen LogP contribution in [0.2, 0.25) is 0 Å². The number of benzene rings is 8. The number of fused-ring (bicyclic) bond motifs is 3. The van der Waals surface area contributed by atoms with E-state index in [1.165, 1.54) is 117 Å². The molecular formula is C66H76. The van der Waals surface area contributed by atoms with Gasteiger partial charge in [-0.15, -0.1) is 0 Å². The summed E-state index contributed by atoms with van der Waals surface area (Å²) in [6.07, 6.45) is 11.2. The van der Waals surface area contributed by atoms with Crippen molar-refractivity contribution in [3.05, 3.63) is 260 Å². The highest BCUT2D eigenvalue weighted by molar-refractivity contribution is 5.89. The molecule has 0 aromatic heterocycles. The Balaban J connectivity index is 0.000000170. The Morgan fingerprint density at radius 2 is 0.606 bits per heavy atom. The molecule has 0 saturated carbocycles. The molecule has 8 aromatic carbocycles. The first-order valence-corrected chi connectivity index (χ1v) is 23.6. The van der Waals surface area contributed by atoms with Gasteiger partial charge >= 0.3 is 0 Å². The molecule has 0 heterocycles. The summed E-state index contributed by atoms with van der Waals surface area (Å²) < 4.78 is 0. The molecule has 8 aromatic rings. The fraction of sp³-hybridized carbons (Fsp3) is 0.242. The fourth-order valence-electron chi connectivity index (χ4n) is 7.64. The Morgan fingerprint density at radius 3 is 0.970 bits per heavy atom.